The van der Waals surface area contributed by atoms with Gasteiger partial charge in [-0.3, -0.25) is 14.6 Å². The van der Waals surface area contributed by atoms with E-state index in [0.717, 1.165) is 52.8 Å². The molecule has 2 aromatic rings. The van der Waals surface area contributed by atoms with Crippen LogP contribution in [-0.2, 0) is 27.3 Å². The second-order valence-electron chi connectivity index (χ2n) is 8.10. The summed E-state index contributed by atoms with van der Waals surface area (Å²) in [4.78, 5) is 32.5. The maximum Gasteiger partial charge on any atom is 0.291 e. The smallest absolute Gasteiger partial charge is 0.291 e. The third-order valence-electron chi connectivity index (χ3n) is 5.89. The van der Waals surface area contributed by atoms with Crippen molar-refractivity contribution in [3.8, 4) is 5.75 Å². The molecular weight excluding hydrogens is 408 g/mol. The lowest BCUT2D eigenvalue weighted by atomic mass is 9.83. The minimum Gasteiger partial charge on any atom is -0.507 e. The summed E-state index contributed by atoms with van der Waals surface area (Å²) in [5.41, 5.74) is 7.72. The molecule has 4 rings (SSSR count). The molecule has 3 N–H and O–H groups in total. The lowest BCUT2D eigenvalue weighted by Crippen LogP contribution is -2.35. The number of aliphatic imine (C=N–C) groups is 1. The molecule has 0 atom stereocenters. The molecule has 0 spiro atoms. The minimum atomic E-state index is -0.431. The van der Waals surface area contributed by atoms with Gasteiger partial charge in [0.25, 0.3) is 5.91 Å². The number of oxime groups is 1. The highest BCUT2D eigenvalue weighted by Gasteiger charge is 2.24. The number of amidine groups is 1. The van der Waals surface area contributed by atoms with Crippen molar-refractivity contribution in [3.63, 3.8) is 0 Å². The van der Waals surface area contributed by atoms with Crippen LogP contribution in [0.15, 0.2) is 34.4 Å². The van der Waals surface area contributed by atoms with Crippen LogP contribution in [0.1, 0.15) is 46.2 Å². The second kappa shape index (κ2) is 8.82. The van der Waals surface area contributed by atoms with Crippen molar-refractivity contribution in [3.05, 3.63) is 57.6 Å². The van der Waals surface area contributed by atoms with Crippen LogP contribution in [0, 0.1) is 13.8 Å². The first-order valence-corrected chi connectivity index (χ1v) is 10.6. The van der Waals surface area contributed by atoms with Gasteiger partial charge in [0.1, 0.15) is 19.4 Å². The molecule has 0 unspecified atom stereocenters. The zero-order valence-electron chi connectivity index (χ0n) is 18.4. The summed E-state index contributed by atoms with van der Waals surface area (Å²) in [6.07, 6.45) is 3.31. The predicted molar refractivity (Wildman–Crippen MR) is 122 cm³/mol. The summed E-state index contributed by atoms with van der Waals surface area (Å²) in [6.45, 7) is 4.00. The number of phenols is 1. The lowest BCUT2D eigenvalue weighted by Gasteiger charge is -2.23. The molecule has 0 radical (unpaired) electrons. The van der Waals surface area contributed by atoms with E-state index in [1.807, 2.05) is 32.0 Å². The number of phenolic OH excluding ortho intramolecular Hbond substituents is 1. The summed E-state index contributed by atoms with van der Waals surface area (Å²) < 4.78 is 0. The molecule has 32 heavy (non-hydrogen) atoms. The van der Waals surface area contributed by atoms with Gasteiger partial charge in [-0.25, -0.2) is 0 Å². The first-order chi connectivity index (χ1) is 15.4. The zero-order chi connectivity index (χ0) is 22.8. The van der Waals surface area contributed by atoms with Crippen LogP contribution in [0.4, 0.5) is 5.69 Å². The van der Waals surface area contributed by atoms with Gasteiger partial charge in [-0.2, -0.15) is 0 Å². The fourth-order valence-corrected chi connectivity index (χ4v) is 4.43. The van der Waals surface area contributed by atoms with E-state index in [0.29, 0.717) is 12.1 Å². The molecule has 0 fully saturated rings. The zero-order valence-corrected chi connectivity index (χ0v) is 18.4. The van der Waals surface area contributed by atoms with Gasteiger partial charge in [0.2, 0.25) is 5.91 Å². The number of aromatic hydroxyl groups is 1. The number of aryl methyl sites for hydroxylation is 2. The Kier molecular flexibility index (Phi) is 5.94. The summed E-state index contributed by atoms with van der Waals surface area (Å²) in [6, 6.07) is 7.53. The molecule has 1 aliphatic carbocycles. The van der Waals surface area contributed by atoms with Gasteiger partial charge in [0.05, 0.1) is 5.71 Å². The lowest BCUT2D eigenvalue weighted by molar-refractivity contribution is -0.118. The highest BCUT2D eigenvalue weighted by molar-refractivity contribution is 6.45. The molecule has 166 valence electrons. The molecule has 8 heteroatoms. The monoisotopic (exact) mass is 434 g/mol. The largest absolute Gasteiger partial charge is 0.507 e. The van der Waals surface area contributed by atoms with Crippen molar-refractivity contribution in [2.45, 2.75) is 39.5 Å². The van der Waals surface area contributed by atoms with Gasteiger partial charge in [0, 0.05) is 11.3 Å². The molecule has 8 nitrogen and oxygen atoms in total. The maximum absolute atomic E-state index is 12.3. The number of anilines is 1. The van der Waals surface area contributed by atoms with Crippen molar-refractivity contribution < 1.29 is 19.5 Å². The van der Waals surface area contributed by atoms with E-state index >= 15 is 0 Å². The summed E-state index contributed by atoms with van der Waals surface area (Å²) >= 11 is 0. The molecule has 2 aromatic carbocycles. The van der Waals surface area contributed by atoms with E-state index in [2.05, 4.69) is 20.8 Å². The Morgan fingerprint density at radius 2 is 2.00 bits per heavy atom. The van der Waals surface area contributed by atoms with Crippen LogP contribution >= 0.6 is 0 Å². The third kappa shape index (κ3) is 4.21. The average molecular weight is 434 g/mol. The number of hydrogen-bond acceptors (Lipinski definition) is 6. The number of nitrogens with zero attached hydrogens (tertiary/aromatic N) is 2. The molecule has 2 amide bonds. The topological polar surface area (TPSA) is 112 Å². The van der Waals surface area contributed by atoms with Gasteiger partial charge in [-0.15, -0.1) is 0 Å². The number of carbonyl (C=O) groups excluding carboxylic acids is 2. The Morgan fingerprint density at radius 1 is 1.25 bits per heavy atom. The highest BCUT2D eigenvalue weighted by atomic mass is 16.6. The number of fused-ring (bicyclic) bond motifs is 1. The van der Waals surface area contributed by atoms with Crippen LogP contribution in [0.25, 0.3) is 0 Å². The summed E-state index contributed by atoms with van der Waals surface area (Å²) in [5, 5.41) is 19.9. The molecule has 0 bridgehead atoms. The van der Waals surface area contributed by atoms with E-state index in [1.165, 1.54) is 12.7 Å². The van der Waals surface area contributed by atoms with Crippen molar-refractivity contribution in [2.75, 3.05) is 19.0 Å². The van der Waals surface area contributed by atoms with Crippen molar-refractivity contribution in [2.24, 2.45) is 10.1 Å². The Bertz CT molecular complexity index is 1140. The number of nitrogens with one attached hydrogen (secondary N) is 2. The normalized spacial score (nSPS) is 16.4. The van der Waals surface area contributed by atoms with Crippen LogP contribution in [0.5, 0.6) is 5.75 Å². The molecule has 0 aromatic heterocycles. The first-order valence-electron chi connectivity index (χ1n) is 10.6. The number of hydrogen-bond donors (Lipinski definition) is 3. The predicted octanol–water partition coefficient (Wildman–Crippen LogP) is 2.75. The van der Waals surface area contributed by atoms with E-state index in [9.17, 15) is 14.7 Å². The van der Waals surface area contributed by atoms with E-state index in [4.69, 9.17) is 4.84 Å². The van der Waals surface area contributed by atoms with E-state index in [-0.39, 0.29) is 24.0 Å². The summed E-state index contributed by atoms with van der Waals surface area (Å²) in [7, 11) is 1.52. The Morgan fingerprint density at radius 3 is 2.66 bits per heavy atom. The minimum absolute atomic E-state index is 0.0203. The van der Waals surface area contributed by atoms with E-state index in [1.54, 1.807) is 6.07 Å². The number of amides is 2. The molecule has 0 saturated carbocycles. The quantitative estimate of drug-likeness (QED) is 0.628. The molecule has 2 aliphatic rings. The van der Waals surface area contributed by atoms with Gasteiger partial charge >= 0.3 is 0 Å². The molecule has 1 heterocycles. The molecule has 1 aliphatic heterocycles. The number of carbonyl (C=O) groups is 2. The van der Waals surface area contributed by atoms with Crippen molar-refractivity contribution >= 4 is 29.0 Å². The standard InChI is InChI=1S/C24H26N4O4/c1-13-9-16(26-24(31)23-25-12-21(30)27-23)10-14(2)18(13)11-15-7-8-20(29)22-17(15)5-4-6-19(22)28-32-3/h7-10,29H,4-6,11-12H2,1-3H3,(H,26,31)(H,25,27,30)/b28-19+. The fourth-order valence-electron chi connectivity index (χ4n) is 4.43. The Balaban J connectivity index is 1.61. The average Bonchev–Trinajstić information content (AvgIpc) is 3.19. The highest BCUT2D eigenvalue weighted by Crippen LogP contribution is 2.34. The number of rotatable bonds is 5. The van der Waals surface area contributed by atoms with Gasteiger partial charge in [-0.05, 0) is 85.5 Å². The van der Waals surface area contributed by atoms with Gasteiger partial charge < -0.3 is 20.6 Å². The Hall–Kier alpha value is -3.68. The number of benzene rings is 2. The second-order valence-corrected chi connectivity index (χ2v) is 8.10. The SMILES string of the molecule is CO/N=C1\CCCc2c(Cc3c(C)cc(NC(=O)C4=NCC(=O)N4)cc3C)ccc(O)c21. The van der Waals surface area contributed by atoms with Crippen molar-refractivity contribution in [1.29, 1.82) is 0 Å². The van der Waals surface area contributed by atoms with E-state index < -0.39 is 5.91 Å². The summed E-state index contributed by atoms with van der Waals surface area (Å²) in [5.74, 6) is -0.444. The third-order valence-corrected chi connectivity index (χ3v) is 5.89. The van der Waals surface area contributed by atoms with Gasteiger partial charge in [0.15, 0.2) is 5.84 Å². The molecular formula is C24H26N4O4. The maximum atomic E-state index is 12.3. The van der Waals surface area contributed by atoms with Gasteiger partial charge in [-0.1, -0.05) is 11.2 Å². The molecule has 0 saturated heterocycles. The van der Waals surface area contributed by atoms with Crippen LogP contribution in [-0.4, -0.2) is 42.1 Å². The first kappa shape index (κ1) is 21.5. The van der Waals surface area contributed by atoms with Crippen LogP contribution < -0.4 is 10.6 Å². The van der Waals surface area contributed by atoms with Crippen LogP contribution in [0.2, 0.25) is 0 Å². The van der Waals surface area contributed by atoms with Crippen LogP contribution in [0.3, 0.4) is 0 Å². The fraction of sp³-hybridized carbons (Fsp3) is 0.333. The van der Waals surface area contributed by atoms with Crippen molar-refractivity contribution in [1.82, 2.24) is 5.32 Å². The Labute approximate surface area is 186 Å².